The molecule has 1 aliphatic carbocycles. The first-order valence-electron chi connectivity index (χ1n) is 7.13. The lowest BCUT2D eigenvalue weighted by atomic mass is 9.86. The number of nitrogens with two attached hydrogens (primary N) is 1. The predicted molar refractivity (Wildman–Crippen MR) is 77.7 cm³/mol. The normalized spacial score (nSPS) is 22.4. The quantitative estimate of drug-likeness (QED) is 0.943. The maximum absolute atomic E-state index is 13.4. The number of aromatic nitrogens is 2. The van der Waals surface area contributed by atoms with E-state index in [9.17, 15) is 4.39 Å². The molecule has 0 bridgehead atoms. The molecule has 0 aliphatic heterocycles. The van der Waals surface area contributed by atoms with Gasteiger partial charge in [0, 0.05) is 12.0 Å². The average Bonchev–Trinajstić information content (AvgIpc) is 2.92. The first-order chi connectivity index (χ1) is 10.1. The lowest BCUT2D eigenvalue weighted by molar-refractivity contribution is 0.332. The molecule has 21 heavy (non-hydrogen) atoms. The Hall–Kier alpha value is -1.46. The highest BCUT2D eigenvalue weighted by atomic mass is 35.5. The van der Waals surface area contributed by atoms with Gasteiger partial charge in [-0.25, -0.2) is 4.39 Å². The Morgan fingerprint density at radius 2 is 2.00 bits per heavy atom. The number of hydrogen-bond acceptors (Lipinski definition) is 4. The standard InChI is InChI=1S/C15H17ClFN3O/c16-12-6-1-9(7-13(12)17)8-14-19-20-15(21-14)10-2-4-11(18)5-3-10/h1,6-7,10-11H,2-5,8,18H2. The third kappa shape index (κ3) is 3.41. The summed E-state index contributed by atoms with van der Waals surface area (Å²) >= 11 is 5.66. The molecular weight excluding hydrogens is 293 g/mol. The van der Waals surface area contributed by atoms with Crippen molar-refractivity contribution in [1.29, 1.82) is 0 Å². The van der Waals surface area contributed by atoms with Gasteiger partial charge in [-0.2, -0.15) is 0 Å². The third-order valence-corrected chi connectivity index (χ3v) is 4.25. The van der Waals surface area contributed by atoms with Crippen LogP contribution < -0.4 is 5.73 Å². The molecule has 0 unspecified atom stereocenters. The van der Waals surface area contributed by atoms with Gasteiger partial charge in [-0.1, -0.05) is 17.7 Å². The van der Waals surface area contributed by atoms with Crippen molar-refractivity contribution in [1.82, 2.24) is 10.2 Å². The van der Waals surface area contributed by atoms with Crippen molar-refractivity contribution in [3.8, 4) is 0 Å². The van der Waals surface area contributed by atoms with Gasteiger partial charge in [-0.3, -0.25) is 0 Å². The summed E-state index contributed by atoms with van der Waals surface area (Å²) in [6.07, 6.45) is 4.36. The van der Waals surface area contributed by atoms with Crippen molar-refractivity contribution >= 4 is 11.6 Å². The maximum Gasteiger partial charge on any atom is 0.220 e. The van der Waals surface area contributed by atoms with Crippen molar-refractivity contribution in [2.75, 3.05) is 0 Å². The molecule has 4 nitrogen and oxygen atoms in total. The summed E-state index contributed by atoms with van der Waals surface area (Å²) in [5.74, 6) is 1.04. The zero-order valence-corrected chi connectivity index (χ0v) is 12.3. The summed E-state index contributed by atoms with van der Waals surface area (Å²) in [4.78, 5) is 0. The Kier molecular flexibility index (Phi) is 4.22. The van der Waals surface area contributed by atoms with E-state index in [1.54, 1.807) is 6.07 Å². The largest absolute Gasteiger partial charge is 0.425 e. The summed E-state index contributed by atoms with van der Waals surface area (Å²) in [6.45, 7) is 0. The van der Waals surface area contributed by atoms with Crippen LogP contribution in [0.2, 0.25) is 5.02 Å². The van der Waals surface area contributed by atoms with Gasteiger partial charge >= 0.3 is 0 Å². The lowest BCUT2D eigenvalue weighted by Gasteiger charge is -2.23. The molecule has 0 amide bonds. The first kappa shape index (κ1) is 14.5. The molecule has 0 saturated heterocycles. The topological polar surface area (TPSA) is 64.9 Å². The van der Waals surface area contributed by atoms with Crippen LogP contribution in [0.15, 0.2) is 22.6 Å². The third-order valence-electron chi connectivity index (χ3n) is 3.94. The number of nitrogens with zero attached hydrogens (tertiary/aromatic N) is 2. The van der Waals surface area contributed by atoms with Crippen molar-refractivity contribution in [2.24, 2.45) is 5.73 Å². The van der Waals surface area contributed by atoms with Gasteiger partial charge in [0.25, 0.3) is 0 Å². The fourth-order valence-corrected chi connectivity index (χ4v) is 2.81. The molecule has 1 saturated carbocycles. The molecule has 0 spiro atoms. The second-order valence-electron chi connectivity index (χ2n) is 5.57. The Labute approximate surface area is 127 Å². The Morgan fingerprint density at radius 1 is 1.24 bits per heavy atom. The Balaban J connectivity index is 1.68. The van der Waals surface area contributed by atoms with Crippen LogP contribution in [0.1, 0.15) is 48.9 Å². The van der Waals surface area contributed by atoms with E-state index < -0.39 is 5.82 Å². The van der Waals surface area contributed by atoms with Crippen LogP contribution in [0.25, 0.3) is 0 Å². The van der Waals surface area contributed by atoms with Gasteiger partial charge in [-0.05, 0) is 43.4 Å². The summed E-state index contributed by atoms with van der Waals surface area (Å²) in [5.41, 5.74) is 6.66. The minimum atomic E-state index is -0.435. The van der Waals surface area contributed by atoms with Crippen LogP contribution in [0.3, 0.4) is 0 Å². The van der Waals surface area contributed by atoms with E-state index >= 15 is 0 Å². The number of hydrogen-bond donors (Lipinski definition) is 1. The predicted octanol–water partition coefficient (Wildman–Crippen LogP) is 3.44. The van der Waals surface area contributed by atoms with Gasteiger partial charge in [0.1, 0.15) is 5.82 Å². The van der Waals surface area contributed by atoms with E-state index in [1.165, 1.54) is 12.1 Å². The zero-order chi connectivity index (χ0) is 14.8. The maximum atomic E-state index is 13.4. The van der Waals surface area contributed by atoms with E-state index in [2.05, 4.69) is 10.2 Å². The van der Waals surface area contributed by atoms with E-state index in [4.69, 9.17) is 21.8 Å². The SMILES string of the molecule is NC1CCC(c2nnc(Cc3ccc(Cl)c(F)c3)o2)CC1. The van der Waals surface area contributed by atoms with E-state index in [0.29, 0.717) is 30.2 Å². The van der Waals surface area contributed by atoms with Gasteiger partial charge in [0.2, 0.25) is 11.8 Å². The molecule has 1 aromatic heterocycles. The summed E-state index contributed by atoms with van der Waals surface area (Å²) in [6, 6.07) is 4.98. The summed E-state index contributed by atoms with van der Waals surface area (Å²) in [7, 11) is 0. The molecule has 0 radical (unpaired) electrons. The molecular formula is C15H17ClFN3O. The molecule has 2 N–H and O–H groups in total. The minimum Gasteiger partial charge on any atom is -0.425 e. The fraction of sp³-hybridized carbons (Fsp3) is 0.467. The Morgan fingerprint density at radius 3 is 2.71 bits per heavy atom. The van der Waals surface area contributed by atoms with Crippen molar-refractivity contribution in [2.45, 2.75) is 44.1 Å². The lowest BCUT2D eigenvalue weighted by Crippen LogP contribution is -2.25. The molecule has 1 heterocycles. The van der Waals surface area contributed by atoms with Gasteiger partial charge in [-0.15, -0.1) is 10.2 Å². The monoisotopic (exact) mass is 309 g/mol. The fourth-order valence-electron chi connectivity index (χ4n) is 2.69. The van der Waals surface area contributed by atoms with Gasteiger partial charge in [0.15, 0.2) is 0 Å². The number of halogens is 2. The highest BCUT2D eigenvalue weighted by Crippen LogP contribution is 2.31. The van der Waals surface area contributed by atoms with Crippen LogP contribution >= 0.6 is 11.6 Å². The van der Waals surface area contributed by atoms with Crippen molar-refractivity contribution in [3.05, 3.63) is 46.4 Å². The number of benzene rings is 1. The number of rotatable bonds is 3. The van der Waals surface area contributed by atoms with Crippen LogP contribution in [-0.4, -0.2) is 16.2 Å². The van der Waals surface area contributed by atoms with Gasteiger partial charge < -0.3 is 10.2 Å². The Bertz CT molecular complexity index is 623. The van der Waals surface area contributed by atoms with Gasteiger partial charge in [0.05, 0.1) is 11.4 Å². The molecule has 0 atom stereocenters. The summed E-state index contributed by atoms with van der Waals surface area (Å²) in [5, 5.41) is 8.29. The van der Waals surface area contributed by atoms with Crippen LogP contribution in [-0.2, 0) is 6.42 Å². The van der Waals surface area contributed by atoms with Crippen molar-refractivity contribution in [3.63, 3.8) is 0 Å². The second kappa shape index (κ2) is 6.12. The van der Waals surface area contributed by atoms with Crippen LogP contribution in [0, 0.1) is 5.82 Å². The summed E-state index contributed by atoms with van der Waals surface area (Å²) < 4.78 is 19.1. The van der Waals surface area contributed by atoms with Crippen LogP contribution in [0.5, 0.6) is 0 Å². The zero-order valence-electron chi connectivity index (χ0n) is 11.6. The first-order valence-corrected chi connectivity index (χ1v) is 7.51. The van der Waals surface area contributed by atoms with Crippen LogP contribution in [0.4, 0.5) is 4.39 Å². The highest BCUT2D eigenvalue weighted by molar-refractivity contribution is 6.30. The highest BCUT2D eigenvalue weighted by Gasteiger charge is 2.24. The second-order valence-corrected chi connectivity index (χ2v) is 5.98. The van der Waals surface area contributed by atoms with E-state index in [0.717, 1.165) is 31.2 Å². The average molecular weight is 310 g/mol. The smallest absolute Gasteiger partial charge is 0.220 e. The minimum absolute atomic E-state index is 0.114. The van der Waals surface area contributed by atoms with Crippen molar-refractivity contribution < 1.29 is 8.81 Å². The molecule has 3 rings (SSSR count). The molecule has 1 fully saturated rings. The van der Waals surface area contributed by atoms with E-state index in [-0.39, 0.29) is 5.02 Å². The molecule has 1 aliphatic rings. The molecule has 6 heteroatoms. The molecule has 2 aromatic rings. The van der Waals surface area contributed by atoms with E-state index in [1.807, 2.05) is 0 Å². The molecule has 1 aromatic carbocycles. The molecule has 112 valence electrons.